The molecule has 8 heteroatoms. The maximum atomic E-state index is 11.8. The molecule has 0 saturated carbocycles. The van der Waals surface area contributed by atoms with Gasteiger partial charge in [0, 0.05) is 38.4 Å². The number of hydrogen-bond donors (Lipinski definition) is 4. The quantitative estimate of drug-likeness (QED) is 0.278. The number of aldehydes is 2. The minimum Gasteiger partial charge on any atom is -0.496 e. The molecule has 0 heterocycles. The Morgan fingerprint density at radius 3 is 2.11 bits per heavy atom. The number of allylic oxidation sites excluding steroid dienone is 2. The number of hydrogen-bond acceptors (Lipinski definition) is 7. The summed E-state index contributed by atoms with van der Waals surface area (Å²) in [6, 6.07) is 13.8. The maximum Gasteiger partial charge on any atom is 0.225 e. The van der Waals surface area contributed by atoms with E-state index >= 15 is 0 Å². The molecule has 0 aliphatic rings. The van der Waals surface area contributed by atoms with Gasteiger partial charge in [-0.25, -0.2) is 0 Å². The number of amides is 1. The summed E-state index contributed by atoms with van der Waals surface area (Å²) >= 11 is 0. The van der Waals surface area contributed by atoms with Gasteiger partial charge in [-0.15, -0.1) is 0 Å². The van der Waals surface area contributed by atoms with Crippen LogP contribution in [0.5, 0.6) is 5.75 Å². The second kappa shape index (κ2) is 17.7. The molecule has 37 heavy (non-hydrogen) atoms. The van der Waals surface area contributed by atoms with Gasteiger partial charge >= 0.3 is 0 Å². The third-order valence-electron chi connectivity index (χ3n) is 5.28. The molecule has 204 valence electrons. The fraction of sp³-hybridized carbons (Fsp3) is 0.414. The molecule has 0 aliphatic carbocycles. The van der Waals surface area contributed by atoms with Gasteiger partial charge in [0.25, 0.3) is 0 Å². The number of benzene rings is 2. The monoisotopic (exact) mass is 512 g/mol. The van der Waals surface area contributed by atoms with Crippen molar-refractivity contribution in [3.05, 3.63) is 70.5 Å². The lowest BCUT2D eigenvalue weighted by molar-refractivity contribution is -0.123. The molecule has 0 bridgehead atoms. The second-order valence-corrected chi connectivity index (χ2v) is 9.31. The Labute approximate surface area is 222 Å². The molecule has 0 saturated heterocycles. The Balaban J connectivity index is 0.000000556. The highest BCUT2D eigenvalue weighted by Crippen LogP contribution is 2.19. The van der Waals surface area contributed by atoms with Gasteiger partial charge in [-0.3, -0.25) is 14.4 Å². The molecular weight excluding hydrogens is 468 g/mol. The first kappa shape index (κ1) is 33.4. The first-order chi connectivity index (χ1) is 17.5. The second-order valence-electron chi connectivity index (χ2n) is 9.31. The zero-order valence-electron chi connectivity index (χ0n) is 23.7. The van der Waals surface area contributed by atoms with Gasteiger partial charge in [-0.2, -0.15) is 0 Å². The highest BCUT2D eigenvalue weighted by molar-refractivity contribution is 5.86. The minimum atomic E-state index is -0.151. The van der Waals surface area contributed by atoms with Gasteiger partial charge in [0.15, 0.2) is 12.6 Å². The van der Waals surface area contributed by atoms with Gasteiger partial charge in [0.1, 0.15) is 5.75 Å². The van der Waals surface area contributed by atoms with Crippen molar-refractivity contribution < 1.29 is 19.1 Å². The highest BCUT2D eigenvalue weighted by Gasteiger charge is 2.21. The zero-order valence-corrected chi connectivity index (χ0v) is 23.7. The SMILES string of the molecule is CNCC(C)(C)CC(=O)N/C(C=O)=C(\C)NC.CNc1cccc(C)c1.COc1ccc(C)cc1C=O. The van der Waals surface area contributed by atoms with Crippen molar-refractivity contribution in [3.8, 4) is 5.75 Å². The van der Waals surface area contributed by atoms with E-state index in [4.69, 9.17) is 4.74 Å². The van der Waals surface area contributed by atoms with Crippen LogP contribution in [-0.4, -0.2) is 53.3 Å². The first-order valence-electron chi connectivity index (χ1n) is 12.1. The number of methoxy groups -OCH3 is 1. The van der Waals surface area contributed by atoms with E-state index in [9.17, 15) is 14.4 Å². The van der Waals surface area contributed by atoms with Crippen molar-refractivity contribution >= 4 is 24.2 Å². The van der Waals surface area contributed by atoms with Gasteiger partial charge in [-0.1, -0.05) is 37.6 Å². The lowest BCUT2D eigenvalue weighted by Crippen LogP contribution is -2.35. The summed E-state index contributed by atoms with van der Waals surface area (Å²) in [5, 5.41) is 11.6. The van der Waals surface area contributed by atoms with Crippen molar-refractivity contribution in [1.29, 1.82) is 0 Å². The largest absolute Gasteiger partial charge is 0.496 e. The molecule has 0 fully saturated rings. The van der Waals surface area contributed by atoms with E-state index < -0.39 is 0 Å². The molecule has 0 aliphatic heterocycles. The number of carbonyl (C=O) groups is 3. The summed E-state index contributed by atoms with van der Waals surface area (Å²) in [5.41, 5.74) is 4.94. The van der Waals surface area contributed by atoms with Crippen LogP contribution in [-0.2, 0) is 9.59 Å². The van der Waals surface area contributed by atoms with Gasteiger partial charge in [0.05, 0.1) is 18.4 Å². The highest BCUT2D eigenvalue weighted by atomic mass is 16.5. The summed E-state index contributed by atoms with van der Waals surface area (Å²) in [6.45, 7) is 10.5. The molecule has 4 N–H and O–H groups in total. The Morgan fingerprint density at radius 1 is 1.00 bits per heavy atom. The van der Waals surface area contributed by atoms with Crippen molar-refractivity contribution in [2.75, 3.05) is 40.1 Å². The van der Waals surface area contributed by atoms with Crippen LogP contribution in [0.3, 0.4) is 0 Å². The van der Waals surface area contributed by atoms with E-state index in [1.165, 1.54) is 11.3 Å². The van der Waals surface area contributed by atoms with E-state index in [0.29, 0.717) is 29.7 Å². The van der Waals surface area contributed by atoms with Crippen LogP contribution >= 0.6 is 0 Å². The Morgan fingerprint density at radius 2 is 1.65 bits per heavy atom. The lowest BCUT2D eigenvalue weighted by atomic mass is 9.89. The molecule has 1 amide bonds. The molecule has 0 atom stereocenters. The maximum absolute atomic E-state index is 11.8. The normalized spacial score (nSPS) is 10.8. The molecule has 8 nitrogen and oxygen atoms in total. The van der Waals surface area contributed by atoms with Crippen LogP contribution in [0.25, 0.3) is 0 Å². The van der Waals surface area contributed by atoms with Crippen molar-refractivity contribution in [2.24, 2.45) is 5.41 Å². The van der Waals surface area contributed by atoms with Gasteiger partial charge < -0.3 is 26.0 Å². The van der Waals surface area contributed by atoms with Crippen LogP contribution in [0.2, 0.25) is 0 Å². The number of carbonyl (C=O) groups excluding carboxylic acids is 3. The average Bonchev–Trinajstić information content (AvgIpc) is 2.87. The van der Waals surface area contributed by atoms with E-state index in [2.05, 4.69) is 40.3 Å². The number of aryl methyl sites for hydroxylation is 2. The summed E-state index contributed by atoms with van der Waals surface area (Å²) in [4.78, 5) is 33.0. The number of nitrogens with one attached hydrogen (secondary N) is 4. The molecule has 2 rings (SSSR count). The number of ether oxygens (including phenoxy) is 1. The number of anilines is 1. The third kappa shape index (κ3) is 13.9. The average molecular weight is 513 g/mol. The Kier molecular flexibility index (Phi) is 16.0. The van der Waals surface area contributed by atoms with E-state index in [0.717, 1.165) is 18.4 Å². The first-order valence-corrected chi connectivity index (χ1v) is 12.1. The summed E-state index contributed by atoms with van der Waals surface area (Å²) in [7, 11) is 7.03. The van der Waals surface area contributed by atoms with E-state index in [1.807, 2.05) is 53.1 Å². The standard InChI is InChI=1S/C12H23N3O2.C9H10O2.C8H11N/c1-9(14-5)10(7-16)15-11(17)6-12(2,3)8-13-4;1-7-3-4-9(11-2)8(5-7)6-10;1-7-4-3-5-8(6-7)9-2/h7,13-14H,6,8H2,1-5H3,(H,15,17);3-6H,1-2H3;3-6,9H,1-2H3/b10-9+;;. The van der Waals surface area contributed by atoms with Gasteiger partial charge in [0.2, 0.25) is 5.91 Å². The molecule has 0 spiro atoms. The predicted molar refractivity (Wildman–Crippen MR) is 152 cm³/mol. The Bertz CT molecular complexity index is 1030. The molecule has 0 radical (unpaired) electrons. The predicted octanol–water partition coefficient (Wildman–Crippen LogP) is 4.24. The van der Waals surface area contributed by atoms with Crippen molar-refractivity contribution in [3.63, 3.8) is 0 Å². The lowest BCUT2D eigenvalue weighted by Gasteiger charge is -2.23. The molecule has 0 aromatic heterocycles. The van der Waals surface area contributed by atoms with Crippen LogP contribution in [0.15, 0.2) is 53.9 Å². The summed E-state index contributed by atoms with van der Waals surface area (Å²) in [5.74, 6) is 0.479. The fourth-order valence-corrected chi connectivity index (χ4v) is 3.26. The van der Waals surface area contributed by atoms with Crippen molar-refractivity contribution in [1.82, 2.24) is 16.0 Å². The summed E-state index contributed by atoms with van der Waals surface area (Å²) < 4.78 is 4.96. The van der Waals surface area contributed by atoms with Gasteiger partial charge in [-0.05, 0) is 63.1 Å². The zero-order chi connectivity index (χ0) is 28.4. The number of rotatable bonds is 10. The van der Waals surface area contributed by atoms with Crippen molar-refractivity contribution in [2.45, 2.75) is 41.0 Å². The molecule has 0 unspecified atom stereocenters. The summed E-state index contributed by atoms with van der Waals surface area (Å²) in [6.07, 6.45) is 1.81. The molecular formula is C29H44N4O4. The van der Waals surface area contributed by atoms with Crippen LogP contribution < -0.4 is 26.0 Å². The van der Waals surface area contributed by atoms with E-state index in [1.54, 1.807) is 33.2 Å². The Hall–Kier alpha value is -3.65. The van der Waals surface area contributed by atoms with Crippen LogP contribution in [0.1, 0.15) is 48.7 Å². The fourth-order valence-electron chi connectivity index (χ4n) is 3.26. The topological polar surface area (TPSA) is 109 Å². The smallest absolute Gasteiger partial charge is 0.225 e. The van der Waals surface area contributed by atoms with E-state index in [-0.39, 0.29) is 17.0 Å². The third-order valence-corrected chi connectivity index (χ3v) is 5.28. The molecule has 2 aromatic rings. The minimum absolute atomic E-state index is 0.139. The van der Waals surface area contributed by atoms with Crippen LogP contribution in [0, 0.1) is 19.3 Å². The molecule has 2 aromatic carbocycles. The van der Waals surface area contributed by atoms with Crippen LogP contribution in [0.4, 0.5) is 5.69 Å².